The van der Waals surface area contributed by atoms with Crippen LogP contribution in [0.25, 0.3) is 0 Å². The fraction of sp³-hybridized carbons (Fsp3) is 0.611. The molecule has 0 heterocycles. The van der Waals surface area contributed by atoms with E-state index in [4.69, 9.17) is 9.47 Å². The van der Waals surface area contributed by atoms with E-state index >= 15 is 0 Å². The van der Waals surface area contributed by atoms with Crippen molar-refractivity contribution in [1.82, 2.24) is 5.32 Å². The van der Waals surface area contributed by atoms with Crippen LogP contribution in [0.15, 0.2) is 53.3 Å². The molecule has 3 fully saturated rings. The van der Waals surface area contributed by atoms with Crippen LogP contribution in [0.4, 0.5) is 0 Å². The first kappa shape index (κ1) is 30.6. The summed E-state index contributed by atoms with van der Waals surface area (Å²) in [4.78, 5) is 50.6. The molecule has 1 amide bonds. The molecule has 3 saturated carbocycles. The number of hydrogen-bond acceptors (Lipinski definition) is 6. The number of carbonyl (C=O) groups excluding carboxylic acids is 3. The average Bonchev–Trinajstić information content (AvgIpc) is 3.29. The molecule has 1 aromatic carbocycles. The molecule has 44 heavy (non-hydrogen) atoms. The van der Waals surface area contributed by atoms with Crippen LogP contribution in [-0.4, -0.2) is 35.0 Å². The molecule has 0 aromatic heterocycles. The molecule has 0 aliphatic heterocycles. The molecule has 0 saturated heterocycles. The summed E-state index contributed by atoms with van der Waals surface area (Å²) >= 11 is 0. The average molecular weight is 604 g/mol. The minimum atomic E-state index is -1.03. The number of esters is 2. The number of benzene rings is 1. The van der Waals surface area contributed by atoms with Crippen LogP contribution in [0.1, 0.15) is 84.6 Å². The van der Waals surface area contributed by atoms with Crippen LogP contribution in [0.5, 0.6) is 0 Å². The Morgan fingerprint density at radius 2 is 1.68 bits per heavy atom. The highest BCUT2D eigenvalue weighted by Crippen LogP contribution is 2.70. The van der Waals surface area contributed by atoms with Crippen molar-refractivity contribution in [2.24, 2.45) is 46.3 Å². The van der Waals surface area contributed by atoms with Gasteiger partial charge >= 0.3 is 17.9 Å². The zero-order chi connectivity index (χ0) is 31.4. The number of aliphatic carboxylic acids is 1. The molecule has 8 heteroatoms. The van der Waals surface area contributed by atoms with Crippen LogP contribution in [-0.2, 0) is 35.2 Å². The first-order chi connectivity index (χ1) is 20.9. The lowest BCUT2D eigenvalue weighted by Crippen LogP contribution is -2.50. The third-order valence-electron chi connectivity index (χ3n) is 12.0. The van der Waals surface area contributed by atoms with Crippen molar-refractivity contribution in [3.8, 4) is 0 Å². The summed E-state index contributed by atoms with van der Waals surface area (Å²) in [5.41, 5.74) is 3.11. The van der Waals surface area contributed by atoms with Gasteiger partial charge < -0.3 is 19.9 Å². The standard InChI is InChI=1S/C36H45NO7/c1-20(38)43-24-12-14-35(3)23(16-24)10-11-25-28(35)13-15-36(4)29(25)17-26-31(33(40)37-19-22-8-6-5-7-9-22)27(34(41)42)18-30(32(26)36)44-21(2)39/h5-10,24-29,31H,11-19H2,1-4H3,(H,37,40)(H,41,42)/t24-,25+,26-,27-,28-,29-,31+,35-,36-/m0/s1. The van der Waals surface area contributed by atoms with E-state index in [0.717, 1.165) is 49.7 Å². The van der Waals surface area contributed by atoms with Gasteiger partial charge in [0.2, 0.25) is 5.91 Å². The second kappa shape index (κ2) is 11.5. The van der Waals surface area contributed by atoms with Gasteiger partial charge in [0.25, 0.3) is 0 Å². The van der Waals surface area contributed by atoms with Gasteiger partial charge in [0.1, 0.15) is 11.9 Å². The third-order valence-corrected chi connectivity index (χ3v) is 12.0. The highest BCUT2D eigenvalue weighted by Gasteiger charge is 2.64. The van der Waals surface area contributed by atoms with Gasteiger partial charge in [-0.1, -0.05) is 55.8 Å². The number of carboxylic acids is 1. The molecular weight excluding hydrogens is 558 g/mol. The highest BCUT2D eigenvalue weighted by molar-refractivity contribution is 5.86. The molecule has 2 N–H and O–H groups in total. The predicted molar refractivity (Wildman–Crippen MR) is 162 cm³/mol. The van der Waals surface area contributed by atoms with Gasteiger partial charge in [-0.25, -0.2) is 0 Å². The molecule has 8 nitrogen and oxygen atoms in total. The Balaban J connectivity index is 1.34. The molecular formula is C36H45NO7. The zero-order valence-corrected chi connectivity index (χ0v) is 26.3. The van der Waals surface area contributed by atoms with E-state index in [2.05, 4.69) is 25.2 Å². The van der Waals surface area contributed by atoms with Crippen molar-refractivity contribution in [1.29, 1.82) is 0 Å². The van der Waals surface area contributed by atoms with E-state index in [1.807, 2.05) is 30.3 Å². The first-order valence-corrected chi connectivity index (χ1v) is 16.3. The van der Waals surface area contributed by atoms with Gasteiger partial charge in [0.05, 0.1) is 11.8 Å². The molecule has 0 spiro atoms. The summed E-state index contributed by atoms with van der Waals surface area (Å²) < 4.78 is 11.4. The maximum atomic E-state index is 13.9. The van der Waals surface area contributed by atoms with Crippen molar-refractivity contribution in [3.05, 3.63) is 58.9 Å². The zero-order valence-electron chi connectivity index (χ0n) is 26.3. The van der Waals surface area contributed by atoms with Crippen LogP contribution >= 0.6 is 0 Å². The van der Waals surface area contributed by atoms with Crippen LogP contribution in [0.2, 0.25) is 0 Å². The molecule has 9 atom stereocenters. The summed E-state index contributed by atoms with van der Waals surface area (Å²) in [6.07, 6.45) is 8.52. The Morgan fingerprint density at radius 3 is 2.36 bits per heavy atom. The number of carboxylic acid groups (broad SMARTS) is 1. The quantitative estimate of drug-likeness (QED) is 0.304. The smallest absolute Gasteiger partial charge is 0.307 e. The van der Waals surface area contributed by atoms with Gasteiger partial charge in [-0.15, -0.1) is 0 Å². The van der Waals surface area contributed by atoms with Crippen molar-refractivity contribution < 1.29 is 33.8 Å². The molecule has 236 valence electrons. The SMILES string of the molecule is CC(=O)OC1=C2[C@@H](C[C@H]3[C@@H]4CC=C5C[C@@H](OC(C)=O)CC[C@]5(C)[C@H]4CC[C@]23C)[C@@H](C(=O)NCc2ccccc2)[C@@H](C(=O)O)C1. The Bertz CT molecular complexity index is 1410. The Kier molecular flexibility index (Phi) is 8.00. The number of hydrogen-bond donors (Lipinski definition) is 2. The van der Waals surface area contributed by atoms with Gasteiger partial charge in [-0.3, -0.25) is 19.2 Å². The maximum Gasteiger partial charge on any atom is 0.307 e. The van der Waals surface area contributed by atoms with Crippen LogP contribution in [0.3, 0.4) is 0 Å². The van der Waals surface area contributed by atoms with Crippen molar-refractivity contribution in [3.63, 3.8) is 0 Å². The van der Waals surface area contributed by atoms with E-state index in [1.165, 1.54) is 19.4 Å². The predicted octanol–water partition coefficient (Wildman–Crippen LogP) is 5.96. The number of allylic oxidation sites excluding steroid dienone is 3. The van der Waals surface area contributed by atoms with Gasteiger partial charge in [0.15, 0.2) is 0 Å². The Morgan fingerprint density at radius 1 is 0.955 bits per heavy atom. The second-order valence-corrected chi connectivity index (χ2v) is 14.3. The fourth-order valence-corrected chi connectivity index (χ4v) is 10.2. The lowest BCUT2D eigenvalue weighted by Gasteiger charge is -2.57. The lowest BCUT2D eigenvalue weighted by atomic mass is 9.47. The fourth-order valence-electron chi connectivity index (χ4n) is 10.2. The molecule has 5 aliphatic carbocycles. The molecule has 1 aromatic rings. The van der Waals surface area contributed by atoms with Crippen LogP contribution in [0, 0.1) is 46.3 Å². The summed E-state index contributed by atoms with van der Waals surface area (Å²) in [6.45, 7) is 7.82. The van der Waals surface area contributed by atoms with Crippen LogP contribution < -0.4 is 5.32 Å². The third kappa shape index (κ3) is 5.18. The van der Waals surface area contributed by atoms with Gasteiger partial charge in [-0.2, -0.15) is 0 Å². The van der Waals surface area contributed by atoms with Gasteiger partial charge in [-0.05, 0) is 84.2 Å². The maximum absolute atomic E-state index is 13.9. The van der Waals surface area contributed by atoms with E-state index < -0.39 is 23.8 Å². The minimum Gasteiger partial charge on any atom is -0.481 e. The molecule has 5 aliphatic rings. The molecule has 6 rings (SSSR count). The largest absolute Gasteiger partial charge is 0.481 e. The van der Waals surface area contributed by atoms with Gasteiger partial charge in [0, 0.05) is 33.2 Å². The number of rotatable bonds is 6. The summed E-state index contributed by atoms with van der Waals surface area (Å²) in [5, 5.41) is 13.4. The summed E-state index contributed by atoms with van der Waals surface area (Å²) in [7, 11) is 0. The van der Waals surface area contributed by atoms with E-state index in [1.54, 1.807) is 0 Å². The Labute approximate surface area is 259 Å². The molecule has 0 bridgehead atoms. The molecule has 0 radical (unpaired) electrons. The van der Waals surface area contributed by atoms with Crippen molar-refractivity contribution in [2.45, 2.75) is 91.7 Å². The second-order valence-electron chi connectivity index (χ2n) is 14.3. The normalized spacial score (nSPS) is 37.4. The highest BCUT2D eigenvalue weighted by atomic mass is 16.5. The summed E-state index contributed by atoms with van der Waals surface area (Å²) in [5.74, 6) is -2.43. The van der Waals surface area contributed by atoms with Crippen molar-refractivity contribution >= 4 is 23.8 Å². The number of amides is 1. The van der Waals surface area contributed by atoms with Crippen molar-refractivity contribution in [2.75, 3.05) is 0 Å². The van der Waals surface area contributed by atoms with E-state index in [9.17, 15) is 24.3 Å². The number of fused-ring (bicyclic) bond motifs is 7. The number of nitrogens with one attached hydrogen (secondary N) is 1. The minimum absolute atomic E-state index is 0.0256. The lowest BCUT2D eigenvalue weighted by molar-refractivity contribution is -0.151. The number of ether oxygens (including phenoxy) is 2. The monoisotopic (exact) mass is 603 g/mol. The van der Waals surface area contributed by atoms with E-state index in [-0.39, 0.29) is 47.1 Å². The van der Waals surface area contributed by atoms with E-state index in [0.29, 0.717) is 30.6 Å². The first-order valence-electron chi connectivity index (χ1n) is 16.3. The number of carbonyl (C=O) groups is 4. The summed E-state index contributed by atoms with van der Waals surface area (Å²) in [6, 6.07) is 9.64. The topological polar surface area (TPSA) is 119 Å². The Hall–Kier alpha value is -3.42. The molecule has 0 unspecified atom stereocenters.